The fourth-order valence-electron chi connectivity index (χ4n) is 1.97. The van der Waals surface area contributed by atoms with Gasteiger partial charge in [0.25, 0.3) is 20.4 Å². The maximum absolute atomic E-state index is 12.2. The Hall–Kier alpha value is -0.260. The summed E-state index contributed by atoms with van der Waals surface area (Å²) < 4.78 is 53.6. The quantitative estimate of drug-likeness (QED) is 0.606. The van der Waals surface area contributed by atoms with E-state index < -0.39 is 20.4 Å². The zero-order valence-electron chi connectivity index (χ0n) is 15.7. The zero-order chi connectivity index (χ0) is 18.8. The molecule has 0 radical (unpaired) electrons. The lowest BCUT2D eigenvalue weighted by Gasteiger charge is -2.37. The SMILES string of the molecule is CN(C)S(=O)(=O)N(C)CC(CN(C)S(=O)(=O)N(C)C)C(C)(C)C. The van der Waals surface area contributed by atoms with Gasteiger partial charge in [0.2, 0.25) is 0 Å². The van der Waals surface area contributed by atoms with Gasteiger partial charge in [-0.1, -0.05) is 20.8 Å². The first-order chi connectivity index (χ1) is 10.0. The summed E-state index contributed by atoms with van der Waals surface area (Å²) in [5, 5.41) is 0. The smallest absolute Gasteiger partial charge is 0.195 e. The molecule has 0 aliphatic carbocycles. The third-order valence-electron chi connectivity index (χ3n) is 3.89. The molecule has 23 heavy (non-hydrogen) atoms. The molecule has 0 aromatic rings. The van der Waals surface area contributed by atoms with E-state index in [9.17, 15) is 16.8 Å². The number of rotatable bonds is 8. The fraction of sp³-hybridized carbons (Fsp3) is 1.00. The monoisotopic (exact) mass is 372 g/mol. The van der Waals surface area contributed by atoms with E-state index in [1.165, 1.54) is 50.9 Å². The van der Waals surface area contributed by atoms with E-state index in [0.717, 1.165) is 8.61 Å². The lowest BCUT2D eigenvalue weighted by molar-refractivity contribution is 0.176. The van der Waals surface area contributed by atoms with Crippen molar-refractivity contribution >= 4 is 20.4 Å². The van der Waals surface area contributed by atoms with Gasteiger partial charge in [-0.05, 0) is 11.3 Å². The van der Waals surface area contributed by atoms with Crippen LogP contribution in [0.2, 0.25) is 0 Å². The molecule has 140 valence electrons. The lowest BCUT2D eigenvalue weighted by Crippen LogP contribution is -2.47. The first kappa shape index (κ1) is 22.7. The molecule has 0 saturated heterocycles. The van der Waals surface area contributed by atoms with Crippen molar-refractivity contribution in [3.63, 3.8) is 0 Å². The summed E-state index contributed by atoms with van der Waals surface area (Å²) in [6.45, 7) is 6.40. The van der Waals surface area contributed by atoms with E-state index in [1.807, 2.05) is 20.8 Å². The first-order valence-electron chi connectivity index (χ1n) is 7.32. The van der Waals surface area contributed by atoms with E-state index in [2.05, 4.69) is 0 Å². The van der Waals surface area contributed by atoms with Crippen LogP contribution in [0.4, 0.5) is 0 Å². The van der Waals surface area contributed by atoms with Crippen molar-refractivity contribution in [2.45, 2.75) is 20.8 Å². The number of nitrogens with zero attached hydrogens (tertiary/aromatic N) is 4. The van der Waals surface area contributed by atoms with Gasteiger partial charge in [-0.15, -0.1) is 0 Å². The average molecular weight is 373 g/mol. The molecule has 0 aromatic carbocycles. The second-order valence-corrected chi connectivity index (χ2v) is 11.7. The van der Waals surface area contributed by atoms with Crippen molar-refractivity contribution in [1.82, 2.24) is 17.2 Å². The molecule has 0 unspecified atom stereocenters. The summed E-state index contributed by atoms with van der Waals surface area (Å²) in [5.74, 6) is -0.165. The zero-order valence-corrected chi connectivity index (χ0v) is 17.4. The molecule has 0 atom stereocenters. The Morgan fingerprint density at radius 2 is 0.957 bits per heavy atom. The third kappa shape index (κ3) is 5.95. The van der Waals surface area contributed by atoms with Crippen molar-refractivity contribution < 1.29 is 16.8 Å². The Morgan fingerprint density at radius 3 is 1.13 bits per heavy atom. The minimum absolute atomic E-state index is 0.165. The Morgan fingerprint density at radius 1 is 0.696 bits per heavy atom. The molecule has 0 rings (SSSR count). The van der Waals surface area contributed by atoms with Gasteiger partial charge < -0.3 is 0 Å². The minimum atomic E-state index is -3.53. The van der Waals surface area contributed by atoms with Gasteiger partial charge in [-0.3, -0.25) is 0 Å². The predicted octanol–water partition coefficient (Wildman–Crippen LogP) is 0.125. The van der Waals surface area contributed by atoms with E-state index in [1.54, 1.807) is 0 Å². The predicted molar refractivity (Wildman–Crippen MR) is 93.4 cm³/mol. The van der Waals surface area contributed by atoms with Crippen molar-refractivity contribution in [3.8, 4) is 0 Å². The van der Waals surface area contributed by atoms with Gasteiger partial charge in [0.05, 0.1) is 0 Å². The van der Waals surface area contributed by atoms with Crippen LogP contribution in [0.25, 0.3) is 0 Å². The van der Waals surface area contributed by atoms with Crippen LogP contribution in [0.1, 0.15) is 20.8 Å². The van der Waals surface area contributed by atoms with Gasteiger partial charge in [-0.25, -0.2) is 0 Å². The summed E-state index contributed by atoms with van der Waals surface area (Å²) in [6, 6.07) is 0. The Kier molecular flexibility index (Phi) is 7.66. The van der Waals surface area contributed by atoms with E-state index >= 15 is 0 Å². The molecular formula is C13H32N4O4S2. The number of hydrogen-bond donors (Lipinski definition) is 0. The second kappa shape index (κ2) is 7.75. The molecule has 0 saturated carbocycles. The standard InChI is InChI=1S/C13H32N4O4S2/c1-13(2,3)12(10-16(8)22(18,19)14(4)5)11-17(9)23(20,21)15(6)7/h12H,10-11H2,1-9H3. The Labute approximate surface area is 142 Å². The van der Waals surface area contributed by atoms with Gasteiger partial charge >= 0.3 is 0 Å². The summed E-state index contributed by atoms with van der Waals surface area (Å²) in [7, 11) is 1.84. The Balaban J connectivity index is 5.37. The maximum atomic E-state index is 12.2. The van der Waals surface area contributed by atoms with Crippen molar-refractivity contribution in [3.05, 3.63) is 0 Å². The van der Waals surface area contributed by atoms with Crippen LogP contribution in [0.15, 0.2) is 0 Å². The highest BCUT2D eigenvalue weighted by Crippen LogP contribution is 2.28. The van der Waals surface area contributed by atoms with Gasteiger partial charge in [-0.2, -0.15) is 34.1 Å². The van der Waals surface area contributed by atoms with Gasteiger partial charge in [0, 0.05) is 55.4 Å². The topological polar surface area (TPSA) is 81.2 Å². The largest absolute Gasteiger partial charge is 0.281 e. The minimum Gasteiger partial charge on any atom is -0.195 e. The highest BCUT2D eigenvalue weighted by Gasteiger charge is 2.34. The van der Waals surface area contributed by atoms with E-state index in [0.29, 0.717) is 0 Å². The van der Waals surface area contributed by atoms with Crippen molar-refractivity contribution in [2.24, 2.45) is 11.3 Å². The van der Waals surface area contributed by atoms with Gasteiger partial charge in [0.15, 0.2) is 0 Å². The molecule has 0 aliphatic heterocycles. The van der Waals surface area contributed by atoms with Crippen LogP contribution < -0.4 is 0 Å². The molecule has 0 amide bonds. The highest BCUT2D eigenvalue weighted by atomic mass is 32.2. The van der Waals surface area contributed by atoms with Crippen LogP contribution in [0, 0.1) is 11.3 Å². The van der Waals surface area contributed by atoms with E-state index in [-0.39, 0.29) is 24.4 Å². The molecule has 0 aliphatic rings. The third-order valence-corrected chi connectivity index (χ3v) is 7.61. The second-order valence-electron chi connectivity index (χ2n) is 7.20. The van der Waals surface area contributed by atoms with Crippen LogP contribution in [0.5, 0.6) is 0 Å². The molecule has 0 fully saturated rings. The normalized spacial score (nSPS) is 14.7. The first-order valence-corrected chi connectivity index (χ1v) is 10.1. The van der Waals surface area contributed by atoms with E-state index in [4.69, 9.17) is 0 Å². The summed E-state index contributed by atoms with van der Waals surface area (Å²) in [5.41, 5.74) is -0.258. The maximum Gasteiger partial charge on any atom is 0.281 e. The molecule has 0 N–H and O–H groups in total. The highest BCUT2D eigenvalue weighted by molar-refractivity contribution is 7.87. The molecule has 0 bridgehead atoms. The molecule has 8 nitrogen and oxygen atoms in total. The van der Waals surface area contributed by atoms with Crippen molar-refractivity contribution in [2.75, 3.05) is 55.4 Å². The van der Waals surface area contributed by atoms with Gasteiger partial charge in [0.1, 0.15) is 0 Å². The number of hydrogen-bond acceptors (Lipinski definition) is 4. The molecular weight excluding hydrogens is 340 g/mol. The van der Waals surface area contributed by atoms with Crippen LogP contribution in [-0.4, -0.2) is 89.4 Å². The molecule has 10 heteroatoms. The Bertz CT molecular complexity index is 534. The summed E-state index contributed by atoms with van der Waals surface area (Å²) >= 11 is 0. The summed E-state index contributed by atoms with van der Waals surface area (Å²) in [6.07, 6.45) is 0. The average Bonchev–Trinajstić information content (AvgIpc) is 2.35. The molecule has 0 spiro atoms. The summed E-state index contributed by atoms with van der Waals surface area (Å²) in [4.78, 5) is 0. The van der Waals surface area contributed by atoms with Crippen molar-refractivity contribution in [1.29, 1.82) is 0 Å². The molecule has 0 aromatic heterocycles. The van der Waals surface area contributed by atoms with Crippen LogP contribution in [-0.2, 0) is 20.4 Å². The molecule has 0 heterocycles. The fourth-order valence-corrected chi connectivity index (χ4v) is 3.82. The van der Waals surface area contributed by atoms with Crippen LogP contribution in [0.3, 0.4) is 0 Å². The lowest BCUT2D eigenvalue weighted by atomic mass is 9.80. The van der Waals surface area contributed by atoms with Crippen LogP contribution >= 0.6 is 0 Å².